The quantitative estimate of drug-likeness (QED) is 0.422. The zero-order valence-corrected chi connectivity index (χ0v) is 19.5. The van der Waals surface area contributed by atoms with Gasteiger partial charge < -0.3 is 5.32 Å². The highest BCUT2D eigenvalue weighted by Crippen LogP contribution is 2.14. The van der Waals surface area contributed by atoms with Crippen molar-refractivity contribution < 1.29 is 9.59 Å². The van der Waals surface area contributed by atoms with Crippen molar-refractivity contribution in [3.8, 4) is 0 Å². The first kappa shape index (κ1) is 23.7. The van der Waals surface area contributed by atoms with Crippen LogP contribution < -0.4 is 5.32 Å². The van der Waals surface area contributed by atoms with Gasteiger partial charge in [0, 0.05) is 19.4 Å². The van der Waals surface area contributed by atoms with Gasteiger partial charge in [0.2, 0.25) is 5.01 Å². The number of amides is 1. The summed E-state index contributed by atoms with van der Waals surface area (Å²) in [6.07, 6.45) is 5.09. The Labute approximate surface area is 192 Å². The number of nitrogens with one attached hydrogen (secondary N) is 1. The molecule has 0 bridgehead atoms. The lowest BCUT2D eigenvalue weighted by atomic mass is 10.0. The predicted octanol–water partition coefficient (Wildman–Crippen LogP) is 3.70. The molecule has 0 fully saturated rings. The smallest absolute Gasteiger partial charge is 0.282 e. The molecule has 0 aliphatic rings. The lowest BCUT2D eigenvalue weighted by molar-refractivity contribution is -0.117. The van der Waals surface area contributed by atoms with Crippen LogP contribution in [0.5, 0.6) is 0 Å². The van der Waals surface area contributed by atoms with Crippen molar-refractivity contribution in [1.29, 1.82) is 0 Å². The molecule has 0 saturated heterocycles. The van der Waals surface area contributed by atoms with Crippen LogP contribution in [0, 0.1) is 6.92 Å². The molecule has 0 aliphatic carbocycles. The van der Waals surface area contributed by atoms with Crippen LogP contribution in [-0.4, -0.2) is 38.6 Å². The standard InChI is InChI=1S/C24H29N5O2S/c1-3-13-25-23(31)24-29-28-22(32-24)10-5-4-9-19-11-12-20(27-26-19)16-21(30)15-18-8-6-7-17(2)14-18/h6-8,11-12,14H,3-5,9-10,13,15-16H2,1-2H3,(H,25,31). The number of carbonyl (C=O) groups excluding carboxylic acids is 2. The second-order valence-electron chi connectivity index (χ2n) is 7.86. The molecule has 0 saturated carbocycles. The zero-order valence-electron chi connectivity index (χ0n) is 18.6. The number of hydrogen-bond acceptors (Lipinski definition) is 7. The Morgan fingerprint density at radius 2 is 1.72 bits per heavy atom. The molecule has 0 unspecified atom stereocenters. The third kappa shape index (κ3) is 7.60. The first-order valence-electron chi connectivity index (χ1n) is 11.0. The Kier molecular flexibility index (Phi) is 8.98. The summed E-state index contributed by atoms with van der Waals surface area (Å²) in [6, 6.07) is 11.9. The fraction of sp³-hybridized carbons (Fsp3) is 0.417. The number of benzene rings is 1. The molecule has 0 radical (unpaired) electrons. The Bertz CT molecular complexity index is 1030. The van der Waals surface area contributed by atoms with Crippen molar-refractivity contribution in [3.05, 3.63) is 68.9 Å². The van der Waals surface area contributed by atoms with E-state index in [0.717, 1.165) is 53.9 Å². The molecule has 32 heavy (non-hydrogen) atoms. The summed E-state index contributed by atoms with van der Waals surface area (Å²) in [4.78, 5) is 24.2. The molecule has 168 valence electrons. The van der Waals surface area contributed by atoms with Crippen LogP contribution in [0.4, 0.5) is 0 Å². The van der Waals surface area contributed by atoms with E-state index in [1.54, 1.807) is 0 Å². The van der Waals surface area contributed by atoms with Gasteiger partial charge in [0.25, 0.3) is 5.91 Å². The SMILES string of the molecule is CCCNC(=O)c1nnc(CCCCc2ccc(CC(=O)Cc3cccc(C)c3)nn2)s1. The minimum Gasteiger partial charge on any atom is -0.350 e. The number of aryl methyl sites for hydroxylation is 3. The number of unbranched alkanes of at least 4 members (excludes halogenated alkanes) is 1. The number of ketones is 1. The predicted molar refractivity (Wildman–Crippen MR) is 125 cm³/mol. The molecule has 0 aliphatic heterocycles. The van der Waals surface area contributed by atoms with Gasteiger partial charge in [0.15, 0.2) is 0 Å². The van der Waals surface area contributed by atoms with Gasteiger partial charge in [-0.05, 0) is 50.3 Å². The first-order valence-corrected chi connectivity index (χ1v) is 11.8. The number of Topliss-reactive ketones (excluding diaryl/α,β-unsaturated/α-hetero) is 1. The molecule has 8 heteroatoms. The van der Waals surface area contributed by atoms with Crippen molar-refractivity contribution in [2.24, 2.45) is 0 Å². The molecule has 3 rings (SSSR count). The summed E-state index contributed by atoms with van der Waals surface area (Å²) < 4.78 is 0. The summed E-state index contributed by atoms with van der Waals surface area (Å²) in [5.74, 6) is -0.0132. The Morgan fingerprint density at radius 3 is 2.47 bits per heavy atom. The lowest BCUT2D eigenvalue weighted by Gasteiger charge is -2.04. The summed E-state index contributed by atoms with van der Waals surface area (Å²) in [5.41, 5.74) is 3.80. The van der Waals surface area contributed by atoms with Crippen LogP contribution >= 0.6 is 11.3 Å². The molecule has 0 atom stereocenters. The normalized spacial score (nSPS) is 10.8. The molecule has 0 spiro atoms. The summed E-state index contributed by atoms with van der Waals surface area (Å²) >= 11 is 1.35. The lowest BCUT2D eigenvalue weighted by Crippen LogP contribution is -2.23. The molecule has 7 nitrogen and oxygen atoms in total. The van der Waals surface area contributed by atoms with Crippen molar-refractivity contribution in [3.63, 3.8) is 0 Å². The highest BCUT2D eigenvalue weighted by molar-refractivity contribution is 7.13. The van der Waals surface area contributed by atoms with E-state index in [-0.39, 0.29) is 11.7 Å². The van der Waals surface area contributed by atoms with Gasteiger partial charge in [-0.3, -0.25) is 9.59 Å². The Hall–Kier alpha value is -3.00. The van der Waals surface area contributed by atoms with Crippen LogP contribution in [0.3, 0.4) is 0 Å². The van der Waals surface area contributed by atoms with Crippen LogP contribution in [0.1, 0.15) is 63.5 Å². The Morgan fingerprint density at radius 1 is 0.938 bits per heavy atom. The molecule has 1 N–H and O–H groups in total. The monoisotopic (exact) mass is 451 g/mol. The van der Waals surface area contributed by atoms with E-state index >= 15 is 0 Å². The van der Waals surface area contributed by atoms with Crippen molar-refractivity contribution in [1.82, 2.24) is 25.7 Å². The van der Waals surface area contributed by atoms with Gasteiger partial charge >= 0.3 is 0 Å². The molecule has 2 heterocycles. The molecule has 1 amide bonds. The second-order valence-corrected chi connectivity index (χ2v) is 8.92. The fourth-order valence-corrected chi connectivity index (χ4v) is 4.07. The van der Waals surface area contributed by atoms with Crippen LogP contribution in [0.2, 0.25) is 0 Å². The van der Waals surface area contributed by atoms with Crippen LogP contribution in [-0.2, 0) is 30.5 Å². The minimum atomic E-state index is -0.150. The van der Waals surface area contributed by atoms with Crippen LogP contribution in [0.25, 0.3) is 0 Å². The average Bonchev–Trinajstić information content (AvgIpc) is 3.25. The molecular formula is C24H29N5O2S. The maximum atomic E-state index is 12.3. The van der Waals surface area contributed by atoms with Gasteiger partial charge in [-0.1, -0.05) is 48.1 Å². The number of nitrogens with zero attached hydrogens (tertiary/aromatic N) is 4. The average molecular weight is 452 g/mol. The first-order chi connectivity index (χ1) is 15.5. The van der Waals surface area contributed by atoms with Gasteiger partial charge in [0.05, 0.1) is 17.8 Å². The van der Waals surface area contributed by atoms with Gasteiger partial charge in [-0.15, -0.1) is 10.2 Å². The van der Waals surface area contributed by atoms with Crippen molar-refractivity contribution in [2.45, 2.75) is 58.8 Å². The largest absolute Gasteiger partial charge is 0.350 e. The third-order valence-corrected chi connectivity index (χ3v) is 5.89. The maximum Gasteiger partial charge on any atom is 0.282 e. The van der Waals surface area contributed by atoms with E-state index in [1.165, 1.54) is 11.3 Å². The topological polar surface area (TPSA) is 97.7 Å². The molecule has 2 aromatic heterocycles. The van der Waals surface area contributed by atoms with Crippen LogP contribution in [0.15, 0.2) is 36.4 Å². The van der Waals surface area contributed by atoms with E-state index in [4.69, 9.17) is 0 Å². The summed E-state index contributed by atoms with van der Waals surface area (Å²) in [5, 5.41) is 20.7. The van der Waals surface area contributed by atoms with E-state index < -0.39 is 0 Å². The summed E-state index contributed by atoms with van der Waals surface area (Å²) in [7, 11) is 0. The molecular weight excluding hydrogens is 422 g/mol. The fourth-order valence-electron chi connectivity index (χ4n) is 3.27. The van der Waals surface area contributed by atoms with E-state index in [1.807, 2.05) is 50.2 Å². The Balaban J connectivity index is 1.38. The van der Waals surface area contributed by atoms with Gasteiger partial charge in [-0.25, -0.2) is 0 Å². The number of hydrogen-bond donors (Lipinski definition) is 1. The number of carbonyl (C=O) groups is 2. The second kappa shape index (κ2) is 12.1. The minimum absolute atomic E-state index is 0.137. The molecule has 1 aromatic carbocycles. The maximum absolute atomic E-state index is 12.3. The highest BCUT2D eigenvalue weighted by atomic mass is 32.1. The van der Waals surface area contributed by atoms with E-state index in [2.05, 4.69) is 25.7 Å². The van der Waals surface area contributed by atoms with Crippen molar-refractivity contribution >= 4 is 23.0 Å². The highest BCUT2D eigenvalue weighted by Gasteiger charge is 2.12. The summed E-state index contributed by atoms with van der Waals surface area (Å²) in [6.45, 7) is 4.68. The number of aromatic nitrogens is 4. The van der Waals surface area contributed by atoms with E-state index in [9.17, 15) is 9.59 Å². The van der Waals surface area contributed by atoms with Gasteiger partial charge in [-0.2, -0.15) is 10.2 Å². The van der Waals surface area contributed by atoms with Gasteiger partial charge in [0.1, 0.15) is 10.8 Å². The molecule has 3 aromatic rings. The number of rotatable bonds is 12. The third-order valence-electron chi connectivity index (χ3n) is 4.91. The zero-order chi connectivity index (χ0) is 22.8. The van der Waals surface area contributed by atoms with E-state index in [0.29, 0.717) is 30.1 Å². The van der Waals surface area contributed by atoms with Crippen molar-refractivity contribution in [2.75, 3.05) is 6.54 Å².